The normalized spacial score (nSPS) is 14.5. The first-order valence-corrected chi connectivity index (χ1v) is 13.3. The van der Waals surface area contributed by atoms with Gasteiger partial charge >= 0.3 is 6.03 Å². The highest BCUT2D eigenvalue weighted by Crippen LogP contribution is 2.38. The molecule has 0 saturated carbocycles. The van der Waals surface area contributed by atoms with E-state index in [1.807, 2.05) is 31.2 Å². The van der Waals surface area contributed by atoms with Crippen LogP contribution in [-0.4, -0.2) is 31.6 Å². The number of nitrogens with zero attached hydrogens (tertiary/aromatic N) is 1. The molecular formula is C28H24Br2N2O6. The zero-order chi connectivity index (χ0) is 27.2. The molecule has 1 N–H and O–H groups in total. The summed E-state index contributed by atoms with van der Waals surface area (Å²) in [7, 11) is 1.50. The van der Waals surface area contributed by atoms with Crippen LogP contribution in [0.25, 0.3) is 6.08 Å². The summed E-state index contributed by atoms with van der Waals surface area (Å²) < 4.78 is 18.6. The van der Waals surface area contributed by atoms with Gasteiger partial charge in [0.05, 0.1) is 23.9 Å². The smallest absolute Gasteiger partial charge is 0.335 e. The number of carbonyl (C=O) groups excluding carboxylic acids is 3. The Balaban J connectivity index is 1.60. The van der Waals surface area contributed by atoms with Gasteiger partial charge in [-0.2, -0.15) is 0 Å². The number of methoxy groups -OCH3 is 1. The van der Waals surface area contributed by atoms with Crippen molar-refractivity contribution in [1.82, 2.24) is 5.32 Å². The summed E-state index contributed by atoms with van der Waals surface area (Å²) in [4.78, 5) is 39.4. The summed E-state index contributed by atoms with van der Waals surface area (Å²) in [5, 5.41) is 2.23. The van der Waals surface area contributed by atoms with Crippen LogP contribution < -0.4 is 24.4 Å². The van der Waals surface area contributed by atoms with E-state index in [4.69, 9.17) is 14.2 Å². The van der Waals surface area contributed by atoms with Crippen LogP contribution in [0.1, 0.15) is 24.5 Å². The number of barbiturate groups is 1. The van der Waals surface area contributed by atoms with Gasteiger partial charge < -0.3 is 14.2 Å². The maximum Gasteiger partial charge on any atom is 0.335 e. The molecule has 1 saturated heterocycles. The maximum atomic E-state index is 13.3. The molecule has 1 aliphatic heterocycles. The quantitative estimate of drug-likeness (QED) is 0.219. The largest absolute Gasteiger partial charge is 0.494 e. The number of hydrogen-bond acceptors (Lipinski definition) is 6. The summed E-state index contributed by atoms with van der Waals surface area (Å²) in [5.41, 5.74) is 1.56. The molecule has 3 aromatic carbocycles. The fourth-order valence-corrected chi connectivity index (χ4v) is 4.67. The van der Waals surface area contributed by atoms with Gasteiger partial charge in [-0.15, -0.1) is 0 Å². The summed E-state index contributed by atoms with van der Waals surface area (Å²) in [5.74, 6) is -0.0513. The predicted octanol–water partition coefficient (Wildman–Crippen LogP) is 6.25. The Morgan fingerprint density at radius 1 is 0.947 bits per heavy atom. The predicted molar refractivity (Wildman–Crippen MR) is 150 cm³/mol. The molecule has 0 unspecified atom stereocenters. The van der Waals surface area contributed by atoms with Crippen molar-refractivity contribution in [2.75, 3.05) is 18.6 Å². The molecule has 4 rings (SSSR count). The number of ether oxygens (including phenoxy) is 3. The minimum Gasteiger partial charge on any atom is -0.494 e. The standard InChI is InChI=1S/C28H24Br2N2O6/c1-3-12-37-20-10-8-19(9-11-20)32-27(34)21(26(33)31-28(32)35)13-17-14-23(30)25(24(15-17)36-2)38-16-18-6-4-5-7-22(18)29/h4-11,13-15H,3,12,16H2,1-2H3,(H,31,33,35)/b21-13-. The van der Waals surface area contributed by atoms with Gasteiger partial charge in [0.15, 0.2) is 11.5 Å². The van der Waals surface area contributed by atoms with Crippen molar-refractivity contribution < 1.29 is 28.6 Å². The van der Waals surface area contributed by atoms with E-state index in [1.54, 1.807) is 36.4 Å². The van der Waals surface area contributed by atoms with Crippen molar-refractivity contribution >= 4 is 61.5 Å². The van der Waals surface area contributed by atoms with Gasteiger partial charge in [-0.05, 0) is 76.5 Å². The summed E-state index contributed by atoms with van der Waals surface area (Å²) in [6, 6.07) is 16.7. The highest BCUT2D eigenvalue weighted by Gasteiger charge is 2.37. The van der Waals surface area contributed by atoms with E-state index in [1.165, 1.54) is 13.2 Å². The third-order valence-electron chi connectivity index (χ3n) is 5.56. The lowest BCUT2D eigenvalue weighted by Gasteiger charge is -2.26. The average Bonchev–Trinajstić information content (AvgIpc) is 2.90. The highest BCUT2D eigenvalue weighted by atomic mass is 79.9. The molecule has 0 radical (unpaired) electrons. The number of carbonyl (C=O) groups is 3. The molecule has 38 heavy (non-hydrogen) atoms. The Hall–Kier alpha value is -3.63. The van der Waals surface area contributed by atoms with Crippen LogP contribution in [0.2, 0.25) is 0 Å². The molecule has 1 fully saturated rings. The van der Waals surface area contributed by atoms with E-state index < -0.39 is 17.8 Å². The Bertz CT molecular complexity index is 1400. The van der Waals surface area contributed by atoms with Crippen LogP contribution in [-0.2, 0) is 16.2 Å². The molecule has 0 aliphatic carbocycles. The average molecular weight is 644 g/mol. The van der Waals surface area contributed by atoms with Crippen molar-refractivity contribution in [2.45, 2.75) is 20.0 Å². The van der Waals surface area contributed by atoms with Gasteiger partial charge in [0.1, 0.15) is 17.9 Å². The number of benzene rings is 3. The summed E-state index contributed by atoms with van der Waals surface area (Å²) in [6.45, 7) is 2.84. The first-order valence-electron chi connectivity index (χ1n) is 11.7. The highest BCUT2D eigenvalue weighted by molar-refractivity contribution is 9.10. The molecule has 3 aromatic rings. The van der Waals surface area contributed by atoms with Crippen molar-refractivity contribution in [3.63, 3.8) is 0 Å². The number of anilines is 1. The molecule has 1 aliphatic rings. The van der Waals surface area contributed by atoms with Gasteiger partial charge in [-0.3, -0.25) is 14.9 Å². The van der Waals surface area contributed by atoms with E-state index >= 15 is 0 Å². The third kappa shape index (κ3) is 6.08. The molecule has 0 atom stereocenters. The lowest BCUT2D eigenvalue weighted by atomic mass is 10.1. The van der Waals surface area contributed by atoms with E-state index in [2.05, 4.69) is 37.2 Å². The first kappa shape index (κ1) is 27.4. The number of urea groups is 1. The molecule has 196 valence electrons. The van der Waals surface area contributed by atoms with E-state index in [-0.39, 0.29) is 12.2 Å². The Morgan fingerprint density at radius 2 is 1.68 bits per heavy atom. The first-order chi connectivity index (χ1) is 18.3. The molecular weight excluding hydrogens is 620 g/mol. The summed E-state index contributed by atoms with van der Waals surface area (Å²) in [6.07, 6.45) is 2.25. The van der Waals surface area contributed by atoms with Crippen molar-refractivity contribution in [1.29, 1.82) is 0 Å². The molecule has 0 spiro atoms. The van der Waals surface area contributed by atoms with Crippen LogP contribution in [0.3, 0.4) is 0 Å². The van der Waals surface area contributed by atoms with Gasteiger partial charge in [-0.1, -0.05) is 41.1 Å². The van der Waals surface area contributed by atoms with Crippen molar-refractivity contribution in [2.24, 2.45) is 0 Å². The maximum absolute atomic E-state index is 13.3. The fraction of sp³-hybridized carbons (Fsp3) is 0.179. The molecule has 10 heteroatoms. The molecule has 0 aromatic heterocycles. The zero-order valence-corrected chi connectivity index (χ0v) is 23.8. The monoisotopic (exact) mass is 642 g/mol. The third-order valence-corrected chi connectivity index (χ3v) is 6.92. The van der Waals surface area contributed by atoms with Crippen LogP contribution in [0.5, 0.6) is 17.2 Å². The zero-order valence-electron chi connectivity index (χ0n) is 20.6. The second-order valence-corrected chi connectivity index (χ2v) is 9.92. The van der Waals surface area contributed by atoms with Crippen LogP contribution in [0.15, 0.2) is 75.2 Å². The summed E-state index contributed by atoms with van der Waals surface area (Å²) >= 11 is 7.01. The molecule has 8 nitrogen and oxygen atoms in total. The number of amides is 4. The number of hydrogen-bond donors (Lipinski definition) is 1. The number of nitrogens with one attached hydrogen (secondary N) is 1. The Morgan fingerprint density at radius 3 is 2.37 bits per heavy atom. The second kappa shape index (κ2) is 12.3. The van der Waals surface area contributed by atoms with E-state index in [9.17, 15) is 14.4 Å². The Labute approximate surface area is 236 Å². The Kier molecular flexibility index (Phi) is 8.85. The van der Waals surface area contributed by atoms with Crippen LogP contribution >= 0.6 is 31.9 Å². The number of halogens is 2. The van der Waals surface area contributed by atoms with Gasteiger partial charge in [0.2, 0.25) is 0 Å². The van der Waals surface area contributed by atoms with E-state index in [0.717, 1.165) is 21.4 Å². The molecule has 0 bridgehead atoms. The minimum atomic E-state index is -0.825. The number of imide groups is 2. The van der Waals surface area contributed by atoms with Crippen molar-refractivity contribution in [3.8, 4) is 17.2 Å². The van der Waals surface area contributed by atoms with E-state index in [0.29, 0.717) is 39.6 Å². The number of rotatable bonds is 9. The minimum absolute atomic E-state index is 0.202. The SMILES string of the molecule is CCCOc1ccc(N2C(=O)NC(=O)/C(=C/c3cc(Br)c(OCc4ccccc4Br)c(OC)c3)C2=O)cc1. The lowest BCUT2D eigenvalue weighted by Crippen LogP contribution is -2.54. The van der Waals surface area contributed by atoms with Gasteiger partial charge in [-0.25, -0.2) is 9.69 Å². The van der Waals surface area contributed by atoms with Gasteiger partial charge in [0.25, 0.3) is 11.8 Å². The van der Waals surface area contributed by atoms with Crippen molar-refractivity contribution in [3.05, 3.63) is 86.3 Å². The molecule has 1 heterocycles. The van der Waals surface area contributed by atoms with Crippen LogP contribution in [0, 0.1) is 0 Å². The topological polar surface area (TPSA) is 94.2 Å². The molecule has 4 amide bonds. The van der Waals surface area contributed by atoms with Crippen LogP contribution in [0.4, 0.5) is 10.5 Å². The van der Waals surface area contributed by atoms with Gasteiger partial charge in [0, 0.05) is 10.0 Å². The fourth-order valence-electron chi connectivity index (χ4n) is 3.70. The lowest BCUT2D eigenvalue weighted by molar-refractivity contribution is -0.122. The second-order valence-electron chi connectivity index (χ2n) is 8.21.